The number of hydrogen-bond acceptors (Lipinski definition) is 5. The second kappa shape index (κ2) is 6.86. The van der Waals surface area contributed by atoms with Crippen LogP contribution in [-0.4, -0.2) is 21.0 Å². The Bertz CT molecular complexity index is 998. The first-order chi connectivity index (χ1) is 12.3. The van der Waals surface area contributed by atoms with Crippen molar-refractivity contribution in [2.24, 2.45) is 4.99 Å². The molecule has 0 bridgehead atoms. The van der Waals surface area contributed by atoms with Gasteiger partial charge in [-0.25, -0.2) is 0 Å². The maximum absolute atomic E-state index is 12.2. The fraction of sp³-hybridized carbons (Fsp3) is 0.0526. The van der Waals surface area contributed by atoms with Crippen LogP contribution in [0, 0.1) is 0 Å². The minimum absolute atomic E-state index is 0.129. The molecule has 3 heterocycles. The Labute approximate surface area is 148 Å². The summed E-state index contributed by atoms with van der Waals surface area (Å²) in [5, 5.41) is 4.44. The molecule has 1 aliphatic rings. The second-order valence-corrected chi connectivity index (χ2v) is 6.49. The molecular formula is C19H14N4OS. The highest BCUT2D eigenvalue weighted by atomic mass is 32.2. The topological polar surface area (TPSA) is 67.2 Å². The fourth-order valence-corrected chi connectivity index (χ4v) is 3.30. The Morgan fingerprint density at radius 3 is 2.88 bits per heavy atom. The Hall–Kier alpha value is -2.99. The van der Waals surface area contributed by atoms with Crippen molar-refractivity contribution in [1.29, 1.82) is 0 Å². The number of carbonyl (C=O) groups excluding carboxylic acids is 1. The summed E-state index contributed by atoms with van der Waals surface area (Å²) in [6.45, 7) is 0.443. The van der Waals surface area contributed by atoms with Gasteiger partial charge in [0, 0.05) is 17.8 Å². The van der Waals surface area contributed by atoms with Gasteiger partial charge in [-0.3, -0.25) is 19.8 Å². The number of aromatic nitrogens is 2. The average Bonchev–Trinajstić information content (AvgIpc) is 3.00. The lowest BCUT2D eigenvalue weighted by Crippen LogP contribution is -2.19. The lowest BCUT2D eigenvalue weighted by molar-refractivity contribution is -0.115. The Kier molecular flexibility index (Phi) is 4.26. The molecule has 0 saturated carbocycles. The summed E-state index contributed by atoms with van der Waals surface area (Å²) in [5.74, 6) is -0.129. The molecule has 0 radical (unpaired) electrons. The second-order valence-electron chi connectivity index (χ2n) is 5.46. The number of hydrogen-bond donors (Lipinski definition) is 1. The number of nitrogens with one attached hydrogen (secondary N) is 1. The predicted octanol–water partition coefficient (Wildman–Crippen LogP) is 3.39. The number of fused-ring (bicyclic) bond motifs is 1. The number of pyridine rings is 2. The Balaban J connectivity index is 1.54. The van der Waals surface area contributed by atoms with Gasteiger partial charge < -0.3 is 5.32 Å². The van der Waals surface area contributed by atoms with Crippen molar-refractivity contribution in [3.8, 4) is 0 Å². The summed E-state index contributed by atoms with van der Waals surface area (Å²) in [6, 6.07) is 15.5. The molecule has 122 valence electrons. The van der Waals surface area contributed by atoms with Crippen LogP contribution in [0.3, 0.4) is 0 Å². The Morgan fingerprint density at radius 1 is 1.08 bits per heavy atom. The Morgan fingerprint density at radius 2 is 2.00 bits per heavy atom. The maximum atomic E-state index is 12.2. The molecule has 0 atom stereocenters. The lowest BCUT2D eigenvalue weighted by atomic mass is 10.1. The van der Waals surface area contributed by atoms with Gasteiger partial charge in [-0.15, -0.1) is 0 Å². The number of amides is 1. The van der Waals surface area contributed by atoms with E-state index in [0.29, 0.717) is 16.6 Å². The van der Waals surface area contributed by atoms with Crippen molar-refractivity contribution < 1.29 is 4.79 Å². The molecule has 0 aliphatic carbocycles. The summed E-state index contributed by atoms with van der Waals surface area (Å²) in [6.07, 6.45) is 5.37. The molecule has 1 aliphatic heterocycles. The molecule has 2 aromatic heterocycles. The summed E-state index contributed by atoms with van der Waals surface area (Å²) < 4.78 is 0. The molecule has 0 unspecified atom stereocenters. The van der Waals surface area contributed by atoms with E-state index in [1.54, 1.807) is 12.4 Å². The number of rotatable bonds is 3. The fourth-order valence-electron chi connectivity index (χ4n) is 2.48. The number of carbonyl (C=O) groups is 1. The van der Waals surface area contributed by atoms with E-state index in [1.807, 2.05) is 54.6 Å². The first-order valence-corrected chi connectivity index (χ1v) is 8.60. The standard InChI is InChI=1S/C19H14N4OS/c24-18-17(11-13-6-7-16-14(10-13)4-3-9-21-16)25-19(23-18)22-12-15-5-1-2-8-20-15/h1-11H,12H2,(H,22,23,24). The zero-order chi connectivity index (χ0) is 17.1. The van der Waals surface area contributed by atoms with Gasteiger partial charge in [0.25, 0.3) is 5.91 Å². The number of nitrogens with zero attached hydrogens (tertiary/aromatic N) is 3. The highest BCUT2D eigenvalue weighted by Crippen LogP contribution is 2.27. The van der Waals surface area contributed by atoms with E-state index in [1.165, 1.54) is 11.8 Å². The van der Waals surface area contributed by atoms with E-state index in [9.17, 15) is 4.79 Å². The molecule has 6 heteroatoms. The van der Waals surface area contributed by atoms with Gasteiger partial charge in [-0.2, -0.15) is 0 Å². The van der Waals surface area contributed by atoms with E-state index in [4.69, 9.17) is 0 Å². The minimum Gasteiger partial charge on any atom is -0.301 e. The minimum atomic E-state index is -0.129. The van der Waals surface area contributed by atoms with E-state index in [-0.39, 0.29) is 5.91 Å². The highest BCUT2D eigenvalue weighted by Gasteiger charge is 2.23. The molecule has 1 saturated heterocycles. The summed E-state index contributed by atoms with van der Waals surface area (Å²) in [7, 11) is 0. The molecule has 1 aromatic carbocycles. The number of thioether (sulfide) groups is 1. The van der Waals surface area contributed by atoms with Crippen LogP contribution in [0.4, 0.5) is 0 Å². The van der Waals surface area contributed by atoms with Crippen molar-refractivity contribution >= 4 is 39.8 Å². The smallest absolute Gasteiger partial charge is 0.264 e. The molecule has 1 amide bonds. The third-order valence-corrected chi connectivity index (χ3v) is 4.63. The van der Waals surface area contributed by atoms with Crippen LogP contribution >= 0.6 is 11.8 Å². The van der Waals surface area contributed by atoms with Crippen LogP contribution in [0.2, 0.25) is 0 Å². The quantitative estimate of drug-likeness (QED) is 0.738. The van der Waals surface area contributed by atoms with Crippen LogP contribution in [0.15, 0.2) is 70.8 Å². The molecule has 5 nitrogen and oxygen atoms in total. The predicted molar refractivity (Wildman–Crippen MR) is 101 cm³/mol. The van der Waals surface area contributed by atoms with E-state index in [2.05, 4.69) is 20.3 Å². The van der Waals surface area contributed by atoms with Crippen molar-refractivity contribution in [3.05, 3.63) is 77.1 Å². The van der Waals surface area contributed by atoms with Gasteiger partial charge in [0.15, 0.2) is 5.17 Å². The van der Waals surface area contributed by atoms with Crippen molar-refractivity contribution in [1.82, 2.24) is 15.3 Å². The van der Waals surface area contributed by atoms with Crippen molar-refractivity contribution in [2.75, 3.05) is 0 Å². The van der Waals surface area contributed by atoms with E-state index in [0.717, 1.165) is 22.2 Å². The van der Waals surface area contributed by atoms with E-state index < -0.39 is 0 Å². The molecule has 25 heavy (non-hydrogen) atoms. The van der Waals surface area contributed by atoms with Gasteiger partial charge in [0.1, 0.15) is 0 Å². The molecule has 3 aromatic rings. The third-order valence-electron chi connectivity index (χ3n) is 3.69. The van der Waals surface area contributed by atoms with Crippen LogP contribution in [0.25, 0.3) is 17.0 Å². The molecule has 1 fully saturated rings. The molecule has 0 spiro atoms. The van der Waals surface area contributed by atoms with Gasteiger partial charge in [0.2, 0.25) is 0 Å². The first-order valence-electron chi connectivity index (χ1n) is 7.78. The zero-order valence-electron chi connectivity index (χ0n) is 13.2. The van der Waals surface area contributed by atoms with E-state index >= 15 is 0 Å². The van der Waals surface area contributed by atoms with Gasteiger partial charge in [-0.05, 0) is 53.7 Å². The molecule has 4 rings (SSSR count). The maximum Gasteiger partial charge on any atom is 0.264 e. The van der Waals surface area contributed by atoms with Gasteiger partial charge >= 0.3 is 0 Å². The SMILES string of the molecule is O=C1NC(=NCc2ccccn2)SC1=Cc1ccc2ncccc2c1. The van der Waals surface area contributed by atoms with Crippen LogP contribution in [0.1, 0.15) is 11.3 Å². The monoisotopic (exact) mass is 346 g/mol. The zero-order valence-corrected chi connectivity index (χ0v) is 14.0. The molecule has 1 N–H and O–H groups in total. The highest BCUT2D eigenvalue weighted by molar-refractivity contribution is 8.18. The first kappa shape index (κ1) is 15.5. The van der Waals surface area contributed by atoms with Gasteiger partial charge in [0.05, 0.1) is 22.7 Å². The summed E-state index contributed by atoms with van der Waals surface area (Å²) in [5.41, 5.74) is 2.76. The molecular weight excluding hydrogens is 332 g/mol. The average molecular weight is 346 g/mol. The normalized spacial score (nSPS) is 17.4. The number of benzene rings is 1. The van der Waals surface area contributed by atoms with Crippen molar-refractivity contribution in [2.45, 2.75) is 6.54 Å². The van der Waals surface area contributed by atoms with Crippen LogP contribution in [-0.2, 0) is 11.3 Å². The number of amidine groups is 1. The van der Waals surface area contributed by atoms with Crippen LogP contribution in [0.5, 0.6) is 0 Å². The summed E-state index contributed by atoms with van der Waals surface area (Å²) >= 11 is 1.35. The van der Waals surface area contributed by atoms with Crippen LogP contribution < -0.4 is 5.32 Å². The summed E-state index contributed by atoms with van der Waals surface area (Å²) in [4.78, 5) is 25.7. The van der Waals surface area contributed by atoms with Gasteiger partial charge in [-0.1, -0.05) is 18.2 Å². The van der Waals surface area contributed by atoms with Crippen molar-refractivity contribution in [3.63, 3.8) is 0 Å². The third kappa shape index (κ3) is 3.59. The number of aliphatic imine (C=N–C) groups is 1. The lowest BCUT2D eigenvalue weighted by Gasteiger charge is -1.99. The largest absolute Gasteiger partial charge is 0.301 e.